The molecule has 1 aliphatic rings. The van der Waals surface area contributed by atoms with Crippen LogP contribution in [0.1, 0.15) is 5.56 Å². The van der Waals surface area contributed by atoms with Crippen LogP contribution in [0.2, 0.25) is 0 Å². The monoisotopic (exact) mass is 534 g/mol. The van der Waals surface area contributed by atoms with Gasteiger partial charge in [-0.1, -0.05) is 34.1 Å². The van der Waals surface area contributed by atoms with Crippen molar-refractivity contribution < 1.29 is 28.5 Å². The third kappa shape index (κ3) is 6.37. The van der Waals surface area contributed by atoms with Gasteiger partial charge < -0.3 is 18.9 Å². The number of para-hydroxylation sites is 1. The van der Waals surface area contributed by atoms with Gasteiger partial charge in [0, 0.05) is 11.6 Å². The smallest absolute Gasteiger partial charge is 0.343 e. The predicted octanol–water partition coefficient (Wildman–Crippen LogP) is 4.26. The van der Waals surface area contributed by atoms with Crippen molar-refractivity contribution in [2.75, 3.05) is 41.1 Å². The van der Waals surface area contributed by atoms with Crippen molar-refractivity contribution in [3.05, 3.63) is 57.4 Å². The summed E-state index contributed by atoms with van der Waals surface area (Å²) in [4.78, 5) is 31.3. The molecule has 1 heterocycles. The van der Waals surface area contributed by atoms with Gasteiger partial charge in [0.2, 0.25) is 0 Å². The van der Waals surface area contributed by atoms with E-state index in [2.05, 4.69) is 25.7 Å². The van der Waals surface area contributed by atoms with Gasteiger partial charge in [-0.25, -0.2) is 9.79 Å². The molecule has 10 heteroatoms. The SMILES string of the molecule is COCCN1C(=O)/C(=C/c2cc(OC)c(OCC(=O)OC)cc2Br)SC1=Nc1ccccc1. The van der Waals surface area contributed by atoms with Crippen molar-refractivity contribution in [1.82, 2.24) is 4.90 Å². The van der Waals surface area contributed by atoms with E-state index in [1.165, 1.54) is 26.0 Å². The van der Waals surface area contributed by atoms with Crippen LogP contribution in [0.5, 0.6) is 11.5 Å². The number of halogens is 1. The summed E-state index contributed by atoms with van der Waals surface area (Å²) in [6.45, 7) is 0.523. The Kier molecular flexibility index (Phi) is 8.93. The highest BCUT2D eigenvalue weighted by atomic mass is 79.9. The fraction of sp³-hybridized carbons (Fsp3) is 0.261. The van der Waals surface area contributed by atoms with Crippen LogP contribution >= 0.6 is 27.7 Å². The van der Waals surface area contributed by atoms with Gasteiger partial charge >= 0.3 is 5.97 Å². The molecule has 2 aromatic carbocycles. The first-order valence-electron chi connectivity index (χ1n) is 9.88. The molecule has 1 aliphatic heterocycles. The zero-order valence-electron chi connectivity index (χ0n) is 18.4. The fourth-order valence-corrected chi connectivity index (χ4v) is 4.31. The van der Waals surface area contributed by atoms with E-state index in [1.807, 2.05) is 30.3 Å². The minimum atomic E-state index is -0.506. The zero-order valence-corrected chi connectivity index (χ0v) is 20.8. The second-order valence-corrected chi connectivity index (χ2v) is 8.54. The standard InChI is InChI=1S/C23H23BrN2O6S/c1-29-10-9-26-22(28)20(33-23(26)25-16-7-5-4-6-8-16)12-15-11-18(30-2)19(13-17(15)24)32-14-21(27)31-3/h4-8,11-13H,9-10,14H2,1-3H3/b20-12-,25-23?. The molecule has 0 bridgehead atoms. The molecule has 174 valence electrons. The first-order valence-corrected chi connectivity index (χ1v) is 11.5. The van der Waals surface area contributed by atoms with E-state index in [9.17, 15) is 9.59 Å². The summed E-state index contributed by atoms with van der Waals surface area (Å²) in [5.41, 5.74) is 1.46. The molecule has 33 heavy (non-hydrogen) atoms. The van der Waals surface area contributed by atoms with Gasteiger partial charge in [0.1, 0.15) is 0 Å². The average molecular weight is 535 g/mol. The van der Waals surface area contributed by atoms with Gasteiger partial charge in [-0.15, -0.1) is 0 Å². The Balaban J connectivity index is 1.92. The summed E-state index contributed by atoms with van der Waals surface area (Å²) >= 11 is 4.80. The van der Waals surface area contributed by atoms with Crippen molar-refractivity contribution in [1.29, 1.82) is 0 Å². The molecule has 8 nitrogen and oxygen atoms in total. The molecular formula is C23H23BrN2O6S. The summed E-state index contributed by atoms with van der Waals surface area (Å²) < 4.78 is 21.3. The molecule has 0 aliphatic carbocycles. The number of hydrogen-bond donors (Lipinski definition) is 0. The number of carbonyl (C=O) groups is 2. The lowest BCUT2D eigenvalue weighted by Gasteiger charge is -2.14. The summed E-state index contributed by atoms with van der Waals surface area (Å²) in [5, 5.41) is 0.579. The normalized spacial score (nSPS) is 15.9. The van der Waals surface area contributed by atoms with Gasteiger partial charge in [0.15, 0.2) is 23.3 Å². The van der Waals surface area contributed by atoms with E-state index in [-0.39, 0.29) is 12.5 Å². The molecule has 0 radical (unpaired) electrons. The van der Waals surface area contributed by atoms with Gasteiger partial charge in [-0.3, -0.25) is 9.69 Å². The van der Waals surface area contributed by atoms with E-state index >= 15 is 0 Å². The van der Waals surface area contributed by atoms with Crippen LogP contribution in [-0.2, 0) is 19.1 Å². The van der Waals surface area contributed by atoms with E-state index < -0.39 is 5.97 Å². The number of esters is 1. The minimum absolute atomic E-state index is 0.163. The number of ether oxygens (including phenoxy) is 4. The van der Waals surface area contributed by atoms with Crippen LogP contribution in [0, 0.1) is 0 Å². The number of methoxy groups -OCH3 is 3. The number of rotatable bonds is 9. The second-order valence-electron chi connectivity index (χ2n) is 6.68. The summed E-state index contributed by atoms with van der Waals surface area (Å²) in [7, 11) is 4.37. The molecule has 0 atom stereocenters. The van der Waals surface area contributed by atoms with Crippen LogP contribution in [-0.4, -0.2) is 63.0 Å². The zero-order chi connectivity index (χ0) is 23.8. The average Bonchev–Trinajstić information content (AvgIpc) is 3.11. The van der Waals surface area contributed by atoms with E-state index in [1.54, 1.807) is 30.2 Å². The van der Waals surface area contributed by atoms with Gasteiger partial charge in [0.05, 0.1) is 38.0 Å². The van der Waals surface area contributed by atoms with Crippen LogP contribution in [0.4, 0.5) is 5.69 Å². The van der Waals surface area contributed by atoms with Crippen molar-refractivity contribution in [3.63, 3.8) is 0 Å². The largest absolute Gasteiger partial charge is 0.493 e. The lowest BCUT2D eigenvalue weighted by molar-refractivity contribution is -0.142. The van der Waals surface area contributed by atoms with Crippen LogP contribution in [0.15, 0.2) is 56.8 Å². The number of amidine groups is 1. The Morgan fingerprint density at radius 2 is 1.91 bits per heavy atom. The molecule has 0 spiro atoms. The Hall–Kier alpha value is -2.82. The number of thioether (sulfide) groups is 1. The van der Waals surface area contributed by atoms with Crippen LogP contribution in [0.3, 0.4) is 0 Å². The maximum atomic E-state index is 13.1. The maximum Gasteiger partial charge on any atom is 0.343 e. The predicted molar refractivity (Wildman–Crippen MR) is 131 cm³/mol. The third-order valence-corrected chi connectivity index (χ3v) is 6.22. The summed E-state index contributed by atoms with van der Waals surface area (Å²) in [6.07, 6.45) is 1.76. The molecule has 0 N–H and O–H groups in total. The summed E-state index contributed by atoms with van der Waals surface area (Å²) in [5.74, 6) is 0.117. The maximum absolute atomic E-state index is 13.1. The molecule has 1 fully saturated rings. The van der Waals surface area contributed by atoms with E-state index in [0.29, 0.717) is 44.8 Å². The number of hydrogen-bond acceptors (Lipinski definition) is 8. The van der Waals surface area contributed by atoms with Crippen molar-refractivity contribution in [3.8, 4) is 11.5 Å². The highest BCUT2D eigenvalue weighted by Gasteiger charge is 2.33. The second kappa shape index (κ2) is 11.9. The minimum Gasteiger partial charge on any atom is -0.493 e. The van der Waals surface area contributed by atoms with Crippen molar-refractivity contribution in [2.24, 2.45) is 4.99 Å². The van der Waals surface area contributed by atoms with Crippen LogP contribution < -0.4 is 9.47 Å². The summed E-state index contributed by atoms with van der Waals surface area (Å²) in [6, 6.07) is 12.9. The number of aliphatic imine (C=N–C) groups is 1. The Morgan fingerprint density at radius 1 is 1.15 bits per heavy atom. The number of carbonyl (C=O) groups excluding carboxylic acids is 2. The Labute approximate surface area is 204 Å². The molecule has 0 unspecified atom stereocenters. The first kappa shape index (κ1) is 24.8. The topological polar surface area (TPSA) is 86.7 Å². The molecule has 0 aromatic heterocycles. The van der Waals surface area contributed by atoms with Crippen LogP contribution in [0.25, 0.3) is 6.08 Å². The molecule has 0 saturated carbocycles. The molecular weight excluding hydrogens is 512 g/mol. The number of benzene rings is 2. The quantitative estimate of drug-likeness (QED) is 0.350. The third-order valence-electron chi connectivity index (χ3n) is 4.53. The van der Waals surface area contributed by atoms with E-state index in [4.69, 9.17) is 14.2 Å². The van der Waals surface area contributed by atoms with Crippen molar-refractivity contribution in [2.45, 2.75) is 0 Å². The van der Waals surface area contributed by atoms with Gasteiger partial charge in [-0.05, 0) is 47.7 Å². The lowest BCUT2D eigenvalue weighted by atomic mass is 10.2. The lowest BCUT2D eigenvalue weighted by Crippen LogP contribution is -2.32. The van der Waals surface area contributed by atoms with E-state index in [0.717, 1.165) is 5.69 Å². The molecule has 3 rings (SSSR count). The Bertz CT molecular complexity index is 1070. The van der Waals surface area contributed by atoms with Gasteiger partial charge in [-0.2, -0.15) is 0 Å². The number of amides is 1. The Morgan fingerprint density at radius 3 is 2.58 bits per heavy atom. The highest BCUT2D eigenvalue weighted by molar-refractivity contribution is 9.10. The highest BCUT2D eigenvalue weighted by Crippen LogP contribution is 2.38. The van der Waals surface area contributed by atoms with Gasteiger partial charge in [0.25, 0.3) is 5.91 Å². The first-order chi connectivity index (χ1) is 16.0. The fourth-order valence-electron chi connectivity index (χ4n) is 2.85. The molecule has 1 saturated heterocycles. The molecule has 1 amide bonds. The number of nitrogens with zero attached hydrogens (tertiary/aromatic N) is 2. The van der Waals surface area contributed by atoms with Crippen molar-refractivity contribution >= 4 is 56.5 Å². The molecule has 2 aromatic rings.